The molecule has 5 aromatic rings. The van der Waals surface area contributed by atoms with Crippen molar-refractivity contribution < 1.29 is 4.79 Å². The molecule has 1 unspecified atom stereocenters. The highest BCUT2D eigenvalue weighted by Gasteiger charge is 2.30. The van der Waals surface area contributed by atoms with E-state index in [1.165, 1.54) is 10.9 Å². The third-order valence-electron chi connectivity index (χ3n) is 7.51. The molecule has 2 aromatic carbocycles. The molecular weight excluding hydrogens is 460 g/mol. The third kappa shape index (κ3) is 4.53. The number of nitrogens with zero attached hydrogens (tertiary/aromatic N) is 5. The first-order chi connectivity index (χ1) is 18.1. The lowest BCUT2D eigenvalue weighted by Gasteiger charge is -2.37. The van der Waals surface area contributed by atoms with Crippen LogP contribution in [0.3, 0.4) is 0 Å². The van der Waals surface area contributed by atoms with Crippen molar-refractivity contribution in [1.82, 2.24) is 24.4 Å². The van der Waals surface area contributed by atoms with Crippen LogP contribution in [-0.4, -0.2) is 43.4 Å². The smallest absolute Gasteiger partial charge is 0.219 e. The summed E-state index contributed by atoms with van der Waals surface area (Å²) < 4.78 is 2.14. The Morgan fingerprint density at radius 3 is 2.81 bits per heavy atom. The van der Waals surface area contributed by atoms with E-state index in [1.807, 2.05) is 17.2 Å². The van der Waals surface area contributed by atoms with Crippen molar-refractivity contribution in [3.8, 4) is 11.1 Å². The molecule has 7 heteroatoms. The van der Waals surface area contributed by atoms with E-state index in [-0.39, 0.29) is 17.9 Å². The summed E-state index contributed by atoms with van der Waals surface area (Å²) in [5, 5.41) is 5.03. The van der Waals surface area contributed by atoms with Gasteiger partial charge in [-0.15, -0.1) is 0 Å². The minimum atomic E-state index is 0.00757. The number of piperidine rings is 1. The van der Waals surface area contributed by atoms with Crippen LogP contribution in [0.5, 0.6) is 0 Å². The summed E-state index contributed by atoms with van der Waals surface area (Å²) in [5.41, 5.74) is 7.12. The number of pyridine rings is 1. The van der Waals surface area contributed by atoms with E-state index in [2.05, 4.69) is 75.6 Å². The fourth-order valence-electron chi connectivity index (χ4n) is 5.59. The standard InChI is InChI=1S/C30H30N6O/c1-20(37)36-13-4-6-24(19-36)29(23-5-3-10-31-18-23)34-25-16-26(30-27(17-25)32-11-12-33-30)22-8-7-21-9-14-35(2)28(21)15-22/h3,5,7-12,14-18,24,29,34H,4,6,13,19H2,1-2H3/t24-,29?/m0/s1. The summed E-state index contributed by atoms with van der Waals surface area (Å²) >= 11 is 0. The highest BCUT2D eigenvalue weighted by molar-refractivity contribution is 5.97. The summed E-state index contributed by atoms with van der Waals surface area (Å²) in [6, 6.07) is 17.0. The van der Waals surface area contributed by atoms with Crippen molar-refractivity contribution in [2.45, 2.75) is 25.8 Å². The van der Waals surface area contributed by atoms with Gasteiger partial charge in [0.1, 0.15) is 0 Å². The summed E-state index contributed by atoms with van der Waals surface area (Å²) in [4.78, 5) is 27.9. The van der Waals surface area contributed by atoms with Gasteiger partial charge in [-0.2, -0.15) is 0 Å². The predicted octanol–water partition coefficient (Wildman–Crippen LogP) is 5.60. The van der Waals surface area contributed by atoms with Crippen molar-refractivity contribution >= 4 is 33.5 Å². The molecule has 0 radical (unpaired) electrons. The molecule has 4 heterocycles. The lowest BCUT2D eigenvalue weighted by molar-refractivity contribution is -0.130. The topological polar surface area (TPSA) is 75.9 Å². The van der Waals surface area contributed by atoms with E-state index in [1.54, 1.807) is 25.5 Å². The van der Waals surface area contributed by atoms with E-state index >= 15 is 0 Å². The first-order valence-electron chi connectivity index (χ1n) is 12.8. The number of carbonyl (C=O) groups excluding carboxylic acids is 1. The van der Waals surface area contributed by atoms with E-state index in [0.717, 1.165) is 59.3 Å². The van der Waals surface area contributed by atoms with E-state index in [0.29, 0.717) is 0 Å². The van der Waals surface area contributed by atoms with E-state index in [9.17, 15) is 4.79 Å². The van der Waals surface area contributed by atoms with Gasteiger partial charge in [-0.3, -0.25) is 19.7 Å². The SMILES string of the molecule is CC(=O)N1CCC[C@H](C(Nc2cc(-c3ccc4ccn(C)c4c3)c3nccnc3c2)c2cccnc2)C1. The number of amides is 1. The van der Waals surface area contributed by atoms with Gasteiger partial charge < -0.3 is 14.8 Å². The maximum absolute atomic E-state index is 12.2. The van der Waals surface area contributed by atoms with Gasteiger partial charge in [0, 0.05) is 80.7 Å². The Morgan fingerprint density at radius 2 is 1.97 bits per heavy atom. The number of likely N-dealkylation sites (tertiary alicyclic amines) is 1. The number of aryl methyl sites for hydroxylation is 1. The van der Waals surface area contributed by atoms with Crippen LogP contribution in [0, 0.1) is 5.92 Å². The van der Waals surface area contributed by atoms with Crippen molar-refractivity contribution in [2.75, 3.05) is 18.4 Å². The van der Waals surface area contributed by atoms with Gasteiger partial charge in [-0.25, -0.2) is 0 Å². The maximum Gasteiger partial charge on any atom is 0.219 e. The molecule has 7 nitrogen and oxygen atoms in total. The lowest BCUT2D eigenvalue weighted by atomic mass is 9.86. The molecule has 1 fully saturated rings. The van der Waals surface area contributed by atoms with Crippen LogP contribution < -0.4 is 5.32 Å². The molecule has 37 heavy (non-hydrogen) atoms. The third-order valence-corrected chi connectivity index (χ3v) is 7.51. The lowest BCUT2D eigenvalue weighted by Crippen LogP contribution is -2.41. The number of aromatic nitrogens is 4. The second kappa shape index (κ2) is 9.65. The Balaban J connectivity index is 1.43. The Morgan fingerprint density at radius 1 is 1.08 bits per heavy atom. The molecule has 1 aliphatic heterocycles. The Hall–Kier alpha value is -4.26. The van der Waals surface area contributed by atoms with Crippen LogP contribution in [-0.2, 0) is 11.8 Å². The van der Waals surface area contributed by atoms with Crippen LogP contribution in [0.15, 0.2) is 79.5 Å². The molecule has 2 atom stereocenters. The number of hydrogen-bond donors (Lipinski definition) is 1. The van der Waals surface area contributed by atoms with Crippen LogP contribution in [0.1, 0.15) is 31.4 Å². The van der Waals surface area contributed by atoms with Crippen molar-refractivity contribution in [1.29, 1.82) is 0 Å². The van der Waals surface area contributed by atoms with Crippen LogP contribution in [0.4, 0.5) is 5.69 Å². The first-order valence-corrected chi connectivity index (χ1v) is 12.8. The van der Waals surface area contributed by atoms with Gasteiger partial charge in [0.05, 0.1) is 17.1 Å². The molecule has 1 aliphatic rings. The molecule has 1 amide bonds. The average molecular weight is 491 g/mol. The zero-order valence-electron chi connectivity index (χ0n) is 21.1. The number of rotatable bonds is 5. The molecule has 0 aliphatic carbocycles. The molecule has 1 N–H and O–H groups in total. The molecular formula is C30H30N6O. The number of hydrogen-bond acceptors (Lipinski definition) is 5. The monoisotopic (exact) mass is 490 g/mol. The second-order valence-corrected chi connectivity index (χ2v) is 9.92. The Kier molecular flexibility index (Phi) is 6.04. The normalized spacial score (nSPS) is 16.7. The summed E-state index contributed by atoms with van der Waals surface area (Å²) in [5.74, 6) is 0.400. The van der Waals surface area contributed by atoms with Crippen molar-refractivity contribution in [3.63, 3.8) is 0 Å². The van der Waals surface area contributed by atoms with E-state index in [4.69, 9.17) is 4.98 Å². The van der Waals surface area contributed by atoms with Crippen LogP contribution in [0.2, 0.25) is 0 Å². The number of anilines is 1. The summed E-state index contributed by atoms with van der Waals surface area (Å²) in [6.45, 7) is 3.21. The summed E-state index contributed by atoms with van der Waals surface area (Å²) in [6.07, 6.45) is 11.3. The van der Waals surface area contributed by atoms with Gasteiger partial charge in [-0.05, 0) is 59.7 Å². The zero-order valence-corrected chi connectivity index (χ0v) is 21.1. The number of benzene rings is 2. The molecule has 6 rings (SSSR count). The van der Waals surface area contributed by atoms with Gasteiger partial charge in [0.2, 0.25) is 5.91 Å². The van der Waals surface area contributed by atoms with Gasteiger partial charge in [-0.1, -0.05) is 18.2 Å². The first kappa shape index (κ1) is 23.2. The van der Waals surface area contributed by atoms with Gasteiger partial charge >= 0.3 is 0 Å². The second-order valence-electron chi connectivity index (χ2n) is 9.92. The maximum atomic E-state index is 12.2. The minimum Gasteiger partial charge on any atom is -0.378 e. The molecule has 186 valence electrons. The highest BCUT2D eigenvalue weighted by Crippen LogP contribution is 2.36. The predicted molar refractivity (Wildman–Crippen MR) is 147 cm³/mol. The molecule has 3 aromatic heterocycles. The minimum absolute atomic E-state index is 0.00757. The van der Waals surface area contributed by atoms with Crippen LogP contribution >= 0.6 is 0 Å². The van der Waals surface area contributed by atoms with Gasteiger partial charge in [0.15, 0.2) is 0 Å². The molecule has 1 saturated heterocycles. The number of carbonyl (C=O) groups is 1. The van der Waals surface area contributed by atoms with Gasteiger partial charge in [0.25, 0.3) is 0 Å². The summed E-state index contributed by atoms with van der Waals surface area (Å²) in [7, 11) is 2.06. The number of nitrogens with one attached hydrogen (secondary N) is 1. The highest BCUT2D eigenvalue weighted by atomic mass is 16.2. The molecule has 0 saturated carbocycles. The zero-order chi connectivity index (χ0) is 25.4. The fourth-order valence-corrected chi connectivity index (χ4v) is 5.59. The number of fused-ring (bicyclic) bond motifs is 2. The quantitative estimate of drug-likeness (QED) is 0.347. The molecule has 0 bridgehead atoms. The molecule has 0 spiro atoms. The Labute approximate surface area is 216 Å². The Bertz CT molecular complexity index is 1580. The van der Waals surface area contributed by atoms with Crippen LogP contribution in [0.25, 0.3) is 33.1 Å². The fraction of sp³-hybridized carbons (Fsp3) is 0.267. The van der Waals surface area contributed by atoms with Crippen molar-refractivity contribution in [2.24, 2.45) is 13.0 Å². The largest absolute Gasteiger partial charge is 0.378 e. The van der Waals surface area contributed by atoms with Crippen molar-refractivity contribution in [3.05, 3.63) is 85.1 Å². The average Bonchev–Trinajstić information content (AvgIpc) is 3.31. The van der Waals surface area contributed by atoms with E-state index < -0.39 is 0 Å².